The van der Waals surface area contributed by atoms with Crippen LogP contribution >= 0.6 is 11.3 Å². The fraction of sp³-hybridized carbons (Fsp3) is 0.333. The van der Waals surface area contributed by atoms with Gasteiger partial charge in [0.15, 0.2) is 0 Å². The fourth-order valence-corrected chi connectivity index (χ4v) is 4.16. The molecule has 29 heavy (non-hydrogen) atoms. The summed E-state index contributed by atoms with van der Waals surface area (Å²) in [6.07, 6.45) is 1.24. The van der Waals surface area contributed by atoms with Crippen LogP contribution in [0, 0.1) is 13.8 Å². The van der Waals surface area contributed by atoms with Gasteiger partial charge in [-0.25, -0.2) is 9.78 Å². The van der Waals surface area contributed by atoms with Crippen LogP contribution < -0.4 is 10.9 Å². The van der Waals surface area contributed by atoms with E-state index in [9.17, 15) is 19.5 Å². The van der Waals surface area contributed by atoms with E-state index < -0.39 is 17.6 Å². The molecule has 3 rings (SSSR count). The Labute approximate surface area is 172 Å². The zero-order valence-corrected chi connectivity index (χ0v) is 17.6. The summed E-state index contributed by atoms with van der Waals surface area (Å²) in [6, 6.07) is 4.78. The molecule has 0 saturated heterocycles. The number of carboxylic acids is 1. The predicted molar refractivity (Wildman–Crippen MR) is 114 cm³/mol. The molecule has 0 aliphatic rings. The summed E-state index contributed by atoms with van der Waals surface area (Å²) < 4.78 is 1.32. The molecule has 0 saturated carbocycles. The van der Waals surface area contributed by atoms with Crippen LogP contribution in [0.1, 0.15) is 53.6 Å². The van der Waals surface area contributed by atoms with Gasteiger partial charge in [-0.3, -0.25) is 14.2 Å². The molecular formula is C21H23N3O4S. The monoisotopic (exact) mass is 413 g/mol. The van der Waals surface area contributed by atoms with Crippen molar-refractivity contribution >= 4 is 39.1 Å². The highest BCUT2D eigenvalue weighted by atomic mass is 32.1. The maximum Gasteiger partial charge on any atom is 0.337 e. The lowest BCUT2D eigenvalue weighted by molar-refractivity contribution is -0.118. The highest BCUT2D eigenvalue weighted by Crippen LogP contribution is 2.24. The lowest BCUT2D eigenvalue weighted by atomic mass is 10.1. The number of aromatic nitrogens is 2. The third-order valence-corrected chi connectivity index (χ3v) is 5.92. The Kier molecular flexibility index (Phi) is 5.83. The van der Waals surface area contributed by atoms with Crippen molar-refractivity contribution in [2.45, 2.75) is 46.6 Å². The molecule has 1 unspecified atom stereocenters. The van der Waals surface area contributed by atoms with Gasteiger partial charge in [0.25, 0.3) is 5.56 Å². The number of anilines is 1. The number of nitrogens with one attached hydrogen (secondary N) is 1. The zero-order valence-electron chi connectivity index (χ0n) is 16.8. The minimum absolute atomic E-state index is 0.0498. The highest BCUT2D eigenvalue weighted by molar-refractivity contribution is 7.17. The highest BCUT2D eigenvalue weighted by Gasteiger charge is 2.25. The molecular weight excluding hydrogens is 390 g/mol. The summed E-state index contributed by atoms with van der Waals surface area (Å²) in [5, 5.41) is 13.8. The second kappa shape index (κ2) is 8.16. The van der Waals surface area contributed by atoms with Crippen LogP contribution in [0.5, 0.6) is 0 Å². The number of aromatic carboxylic acids is 1. The molecule has 1 atom stereocenters. The zero-order chi connectivity index (χ0) is 21.3. The molecule has 0 aliphatic heterocycles. The average Bonchev–Trinajstić information content (AvgIpc) is 3.10. The van der Waals surface area contributed by atoms with Crippen LogP contribution in [0.25, 0.3) is 10.2 Å². The molecule has 0 radical (unpaired) electrons. The summed E-state index contributed by atoms with van der Waals surface area (Å²) in [4.78, 5) is 42.6. The summed E-state index contributed by atoms with van der Waals surface area (Å²) >= 11 is 1.13. The van der Waals surface area contributed by atoms with E-state index in [4.69, 9.17) is 0 Å². The molecule has 1 amide bonds. The molecule has 0 bridgehead atoms. The Morgan fingerprint density at radius 1 is 1.31 bits per heavy atom. The Balaban J connectivity index is 2.09. The first-order valence-electron chi connectivity index (χ1n) is 9.39. The normalized spacial score (nSPS) is 12.1. The lowest BCUT2D eigenvalue weighted by Gasteiger charge is -2.20. The third-order valence-electron chi connectivity index (χ3n) is 5.05. The van der Waals surface area contributed by atoms with Gasteiger partial charge in [0.05, 0.1) is 10.9 Å². The Hall–Kier alpha value is -3.00. The van der Waals surface area contributed by atoms with Crippen molar-refractivity contribution in [2.75, 3.05) is 5.32 Å². The second-order valence-electron chi connectivity index (χ2n) is 7.00. The van der Waals surface area contributed by atoms with Gasteiger partial charge < -0.3 is 10.4 Å². The second-order valence-corrected chi connectivity index (χ2v) is 7.86. The fourth-order valence-electron chi connectivity index (χ4n) is 3.24. The van der Waals surface area contributed by atoms with E-state index in [1.54, 1.807) is 6.92 Å². The van der Waals surface area contributed by atoms with Gasteiger partial charge in [-0.15, -0.1) is 11.3 Å². The molecule has 8 heteroatoms. The topological polar surface area (TPSA) is 101 Å². The molecule has 2 heterocycles. The molecule has 3 aromatic rings. The third kappa shape index (κ3) is 3.80. The van der Waals surface area contributed by atoms with E-state index >= 15 is 0 Å². The van der Waals surface area contributed by atoms with Gasteiger partial charge >= 0.3 is 5.97 Å². The van der Waals surface area contributed by atoms with Gasteiger partial charge in [-0.1, -0.05) is 19.1 Å². The van der Waals surface area contributed by atoms with Crippen molar-refractivity contribution < 1.29 is 14.7 Å². The van der Waals surface area contributed by atoms with Crippen LogP contribution in [-0.2, 0) is 11.2 Å². The van der Waals surface area contributed by atoms with E-state index in [-0.39, 0.29) is 16.9 Å². The van der Waals surface area contributed by atoms with Crippen LogP contribution in [0.4, 0.5) is 5.69 Å². The number of hydrogen-bond acceptors (Lipinski definition) is 5. The molecule has 152 valence electrons. The van der Waals surface area contributed by atoms with Crippen LogP contribution in [-0.4, -0.2) is 26.5 Å². The average molecular weight is 413 g/mol. The van der Waals surface area contributed by atoms with Crippen molar-refractivity contribution in [3.05, 3.63) is 56.4 Å². The van der Waals surface area contributed by atoms with Crippen LogP contribution in [0.15, 0.2) is 28.4 Å². The number of thiophene rings is 1. The minimum Gasteiger partial charge on any atom is -0.478 e. The number of carboxylic acid groups (broad SMARTS) is 1. The number of fused-ring (bicyclic) bond motifs is 1. The molecule has 0 aliphatic carbocycles. The Morgan fingerprint density at radius 3 is 2.69 bits per heavy atom. The number of hydrogen-bond donors (Lipinski definition) is 2. The van der Waals surface area contributed by atoms with Crippen LogP contribution in [0.3, 0.4) is 0 Å². The summed E-state index contributed by atoms with van der Waals surface area (Å²) in [7, 11) is 0. The molecule has 2 N–H and O–H groups in total. The number of amides is 1. The largest absolute Gasteiger partial charge is 0.478 e. The SMILES string of the molecule is CCCc1nc2scc(C(=O)O)c2c(=O)n1C(C)C(=O)Nc1cccc(C)c1C. The van der Waals surface area contributed by atoms with Crippen molar-refractivity contribution in [1.82, 2.24) is 9.55 Å². The standard InChI is InChI=1S/C21H23N3O4S/c1-5-7-16-23-19-17(14(10-29-19)21(27)28)20(26)24(16)13(4)18(25)22-15-9-6-8-11(2)12(15)3/h6,8-10,13H,5,7H2,1-4H3,(H,22,25)(H,27,28). The Morgan fingerprint density at radius 2 is 2.03 bits per heavy atom. The number of rotatable bonds is 6. The Bertz CT molecular complexity index is 1160. The minimum atomic E-state index is -1.18. The summed E-state index contributed by atoms with van der Waals surface area (Å²) in [5.41, 5.74) is 2.10. The number of aryl methyl sites for hydroxylation is 2. The smallest absolute Gasteiger partial charge is 0.337 e. The summed E-state index contributed by atoms with van der Waals surface area (Å²) in [5.74, 6) is -1.06. The number of nitrogens with zero attached hydrogens (tertiary/aromatic N) is 2. The number of carbonyl (C=O) groups excluding carboxylic acids is 1. The van der Waals surface area contributed by atoms with Gasteiger partial charge in [0.2, 0.25) is 5.91 Å². The molecule has 0 spiro atoms. The van der Waals surface area contributed by atoms with E-state index in [0.717, 1.165) is 28.9 Å². The maximum absolute atomic E-state index is 13.2. The van der Waals surface area contributed by atoms with E-state index in [2.05, 4.69) is 10.3 Å². The summed E-state index contributed by atoms with van der Waals surface area (Å²) in [6.45, 7) is 7.46. The van der Waals surface area contributed by atoms with E-state index in [1.807, 2.05) is 39.0 Å². The molecule has 0 fully saturated rings. The van der Waals surface area contributed by atoms with Crippen molar-refractivity contribution in [3.8, 4) is 0 Å². The lowest BCUT2D eigenvalue weighted by Crippen LogP contribution is -2.35. The van der Waals surface area contributed by atoms with Gasteiger partial charge in [-0.05, 0) is 44.4 Å². The van der Waals surface area contributed by atoms with Crippen molar-refractivity contribution in [3.63, 3.8) is 0 Å². The predicted octanol–water partition coefficient (Wildman–Crippen LogP) is 3.93. The van der Waals surface area contributed by atoms with Crippen LogP contribution in [0.2, 0.25) is 0 Å². The maximum atomic E-state index is 13.2. The molecule has 7 nitrogen and oxygen atoms in total. The van der Waals surface area contributed by atoms with Crippen molar-refractivity contribution in [1.29, 1.82) is 0 Å². The number of carbonyl (C=O) groups is 2. The van der Waals surface area contributed by atoms with Gasteiger partial charge in [0.1, 0.15) is 16.7 Å². The van der Waals surface area contributed by atoms with E-state index in [0.29, 0.717) is 22.8 Å². The molecule has 1 aromatic carbocycles. The van der Waals surface area contributed by atoms with Gasteiger partial charge in [0, 0.05) is 17.5 Å². The first-order chi connectivity index (χ1) is 13.8. The first-order valence-corrected chi connectivity index (χ1v) is 10.3. The first kappa shape index (κ1) is 20.7. The number of benzene rings is 1. The van der Waals surface area contributed by atoms with E-state index in [1.165, 1.54) is 9.95 Å². The van der Waals surface area contributed by atoms with Gasteiger partial charge in [-0.2, -0.15) is 0 Å². The van der Waals surface area contributed by atoms with Crippen molar-refractivity contribution in [2.24, 2.45) is 0 Å². The quantitative estimate of drug-likeness (QED) is 0.638. The molecule has 2 aromatic heterocycles.